The normalized spacial score (nSPS) is 36.1. The Kier molecular flexibility index (Phi) is 5.46. The first kappa shape index (κ1) is 22.6. The van der Waals surface area contributed by atoms with Crippen molar-refractivity contribution < 1.29 is 14.7 Å². The molecule has 7 heteroatoms. The van der Waals surface area contributed by atoms with Gasteiger partial charge in [0.05, 0.1) is 11.0 Å². The topological polar surface area (TPSA) is 85.8 Å². The molecular weight excluding hydrogens is 416 g/mol. The Morgan fingerprint density at radius 1 is 1.15 bits per heavy atom. The molecule has 5 fully saturated rings. The standard InChI is InChI=1S/C26H38N4O3/c1-16-5-6-21(27-14-16)29-7-8-30(17(2)15-29)25(3,4)23(31)28-22-19-9-18-10-20(22)13-26(11-18,12-19)24(32)33/h5-6,14,17-20,22H,7-13,15H2,1-4H3,(H,28,31)(H,32,33)/t17-,18?,19?,20?,22?,26?/m1/s1. The molecular formula is C26H38N4O3. The van der Waals surface area contributed by atoms with Gasteiger partial charge in [0.1, 0.15) is 5.82 Å². The van der Waals surface area contributed by atoms with Crippen LogP contribution in [-0.2, 0) is 9.59 Å². The molecule has 4 saturated carbocycles. The number of carboxylic acids is 1. The van der Waals surface area contributed by atoms with Crippen LogP contribution in [0, 0.1) is 30.1 Å². The first-order chi connectivity index (χ1) is 15.6. The molecule has 180 valence electrons. The summed E-state index contributed by atoms with van der Waals surface area (Å²) in [5.74, 6) is 1.57. The number of aromatic nitrogens is 1. The van der Waals surface area contributed by atoms with Crippen molar-refractivity contribution in [2.45, 2.75) is 77.4 Å². The summed E-state index contributed by atoms with van der Waals surface area (Å²) in [5, 5.41) is 13.3. The molecule has 4 bridgehead atoms. The Morgan fingerprint density at radius 2 is 1.85 bits per heavy atom. The minimum Gasteiger partial charge on any atom is -0.481 e. The third kappa shape index (κ3) is 3.82. The summed E-state index contributed by atoms with van der Waals surface area (Å²) in [6, 6.07) is 4.51. The number of amides is 1. The minimum absolute atomic E-state index is 0.0816. The molecule has 2 heterocycles. The quantitative estimate of drug-likeness (QED) is 0.711. The highest BCUT2D eigenvalue weighted by Crippen LogP contribution is 2.60. The number of rotatable bonds is 5. The average Bonchev–Trinajstić information content (AvgIpc) is 2.75. The van der Waals surface area contributed by atoms with Gasteiger partial charge in [-0.15, -0.1) is 0 Å². The van der Waals surface area contributed by atoms with Crippen LogP contribution in [0.25, 0.3) is 0 Å². The van der Waals surface area contributed by atoms with Crippen LogP contribution in [0.4, 0.5) is 5.82 Å². The number of hydrogen-bond acceptors (Lipinski definition) is 5. The number of piperazine rings is 1. The fourth-order valence-electron chi connectivity index (χ4n) is 7.62. The molecule has 7 nitrogen and oxygen atoms in total. The SMILES string of the molecule is Cc1ccc(N2CCN(C(C)(C)C(=O)NC3C4CC5CC3CC(C(=O)O)(C5)C4)[C@H](C)C2)nc1. The summed E-state index contributed by atoms with van der Waals surface area (Å²) >= 11 is 0. The van der Waals surface area contributed by atoms with Crippen LogP contribution in [0.5, 0.6) is 0 Å². The number of anilines is 1. The van der Waals surface area contributed by atoms with E-state index in [0.29, 0.717) is 17.8 Å². The molecule has 1 saturated heterocycles. The van der Waals surface area contributed by atoms with Gasteiger partial charge in [-0.25, -0.2) is 4.98 Å². The van der Waals surface area contributed by atoms with Crippen molar-refractivity contribution in [2.24, 2.45) is 23.2 Å². The Labute approximate surface area is 196 Å². The van der Waals surface area contributed by atoms with E-state index in [9.17, 15) is 14.7 Å². The number of aliphatic carboxylic acids is 1. The zero-order chi connectivity index (χ0) is 23.5. The van der Waals surface area contributed by atoms with Gasteiger partial charge in [-0.3, -0.25) is 14.5 Å². The van der Waals surface area contributed by atoms with Crippen LogP contribution in [0.3, 0.4) is 0 Å². The molecule has 1 aromatic rings. The van der Waals surface area contributed by atoms with Gasteiger partial charge in [-0.05, 0) is 89.2 Å². The zero-order valence-corrected chi connectivity index (χ0v) is 20.4. The van der Waals surface area contributed by atoms with Gasteiger partial charge in [0.2, 0.25) is 5.91 Å². The fourth-order valence-corrected chi connectivity index (χ4v) is 7.62. The lowest BCUT2D eigenvalue weighted by atomic mass is 9.48. The van der Waals surface area contributed by atoms with E-state index in [0.717, 1.165) is 63.1 Å². The predicted molar refractivity (Wildman–Crippen MR) is 127 cm³/mol. The monoisotopic (exact) mass is 454 g/mol. The highest BCUT2D eigenvalue weighted by Gasteiger charge is 2.59. The summed E-state index contributed by atoms with van der Waals surface area (Å²) in [4.78, 5) is 34.8. The lowest BCUT2D eigenvalue weighted by Gasteiger charge is -2.58. The number of carbonyl (C=O) groups excluding carboxylic acids is 1. The van der Waals surface area contributed by atoms with E-state index in [1.165, 1.54) is 0 Å². The average molecular weight is 455 g/mol. The molecule has 5 aliphatic rings. The van der Waals surface area contributed by atoms with Crippen molar-refractivity contribution in [3.05, 3.63) is 23.9 Å². The van der Waals surface area contributed by atoms with Crippen molar-refractivity contribution in [1.82, 2.24) is 15.2 Å². The van der Waals surface area contributed by atoms with Crippen molar-refractivity contribution in [3.63, 3.8) is 0 Å². The maximum absolute atomic E-state index is 13.6. The largest absolute Gasteiger partial charge is 0.481 e. The smallest absolute Gasteiger partial charge is 0.309 e. The zero-order valence-electron chi connectivity index (χ0n) is 20.4. The van der Waals surface area contributed by atoms with Crippen LogP contribution < -0.4 is 10.2 Å². The molecule has 0 radical (unpaired) electrons. The van der Waals surface area contributed by atoms with Crippen molar-refractivity contribution >= 4 is 17.7 Å². The third-order valence-electron chi connectivity index (χ3n) is 9.15. The predicted octanol–water partition coefficient (Wildman–Crippen LogP) is 3.07. The molecule has 33 heavy (non-hydrogen) atoms. The van der Waals surface area contributed by atoms with Gasteiger partial charge in [0.15, 0.2) is 0 Å². The number of carboxylic acid groups (broad SMARTS) is 1. The van der Waals surface area contributed by atoms with E-state index >= 15 is 0 Å². The van der Waals surface area contributed by atoms with Crippen LogP contribution >= 0.6 is 0 Å². The number of hydrogen-bond donors (Lipinski definition) is 2. The van der Waals surface area contributed by atoms with E-state index in [4.69, 9.17) is 0 Å². The Hall–Kier alpha value is -2.15. The van der Waals surface area contributed by atoms with E-state index < -0.39 is 16.9 Å². The first-order valence-corrected chi connectivity index (χ1v) is 12.6. The molecule has 2 unspecified atom stereocenters. The number of aryl methyl sites for hydroxylation is 1. The fraction of sp³-hybridized carbons (Fsp3) is 0.731. The lowest BCUT2D eigenvalue weighted by Crippen LogP contribution is -2.67. The minimum atomic E-state index is -0.623. The Balaban J connectivity index is 1.25. The molecule has 1 amide bonds. The van der Waals surface area contributed by atoms with E-state index in [-0.39, 0.29) is 18.0 Å². The number of pyridine rings is 1. The van der Waals surface area contributed by atoms with Gasteiger partial charge < -0.3 is 15.3 Å². The summed E-state index contributed by atoms with van der Waals surface area (Å²) in [6.07, 6.45) is 6.31. The Bertz CT molecular complexity index is 914. The molecule has 4 aliphatic carbocycles. The second-order valence-corrected chi connectivity index (χ2v) is 11.8. The molecule has 2 N–H and O–H groups in total. The maximum Gasteiger partial charge on any atom is 0.309 e. The molecule has 1 aromatic heterocycles. The number of nitrogens with zero attached hydrogens (tertiary/aromatic N) is 3. The molecule has 6 rings (SSSR count). The van der Waals surface area contributed by atoms with Crippen molar-refractivity contribution in [2.75, 3.05) is 24.5 Å². The highest BCUT2D eigenvalue weighted by atomic mass is 16.4. The summed E-state index contributed by atoms with van der Waals surface area (Å²) < 4.78 is 0. The molecule has 0 aromatic carbocycles. The molecule has 3 atom stereocenters. The van der Waals surface area contributed by atoms with E-state index in [1.54, 1.807) is 0 Å². The summed E-state index contributed by atoms with van der Waals surface area (Å²) in [7, 11) is 0. The third-order valence-corrected chi connectivity index (χ3v) is 9.15. The van der Waals surface area contributed by atoms with E-state index in [1.807, 2.05) is 27.0 Å². The lowest BCUT2D eigenvalue weighted by molar-refractivity contribution is -0.168. The Morgan fingerprint density at radius 3 is 2.42 bits per heavy atom. The van der Waals surface area contributed by atoms with Crippen LogP contribution in [0.15, 0.2) is 18.3 Å². The summed E-state index contributed by atoms with van der Waals surface area (Å²) in [5.41, 5.74) is -0.00436. The second-order valence-electron chi connectivity index (χ2n) is 11.8. The van der Waals surface area contributed by atoms with Gasteiger partial charge in [0.25, 0.3) is 0 Å². The van der Waals surface area contributed by atoms with E-state index in [2.05, 4.69) is 39.2 Å². The van der Waals surface area contributed by atoms with Crippen LogP contribution in [0.2, 0.25) is 0 Å². The van der Waals surface area contributed by atoms with Gasteiger partial charge in [-0.2, -0.15) is 0 Å². The second kappa shape index (κ2) is 7.97. The number of carbonyl (C=O) groups is 2. The highest BCUT2D eigenvalue weighted by molar-refractivity contribution is 5.86. The van der Waals surface area contributed by atoms with Crippen LogP contribution in [0.1, 0.15) is 58.4 Å². The first-order valence-electron chi connectivity index (χ1n) is 12.6. The maximum atomic E-state index is 13.6. The van der Waals surface area contributed by atoms with Crippen molar-refractivity contribution in [3.8, 4) is 0 Å². The molecule has 0 spiro atoms. The van der Waals surface area contributed by atoms with Crippen LogP contribution in [-0.4, -0.2) is 64.1 Å². The number of nitrogens with one attached hydrogen (secondary N) is 1. The van der Waals surface area contributed by atoms with Crippen molar-refractivity contribution in [1.29, 1.82) is 0 Å². The summed E-state index contributed by atoms with van der Waals surface area (Å²) in [6.45, 7) is 10.8. The molecule has 1 aliphatic heterocycles. The van der Waals surface area contributed by atoms with Gasteiger partial charge in [0, 0.05) is 37.9 Å². The van der Waals surface area contributed by atoms with Gasteiger partial charge in [-0.1, -0.05) is 6.07 Å². The van der Waals surface area contributed by atoms with Gasteiger partial charge >= 0.3 is 5.97 Å².